The molecule has 82 valence electrons. The summed E-state index contributed by atoms with van der Waals surface area (Å²) in [6, 6.07) is 10.4. The molecule has 0 aliphatic carbocycles. The molecule has 0 bridgehead atoms. The van der Waals surface area contributed by atoms with Gasteiger partial charge in [0.2, 0.25) is 0 Å². The molecule has 1 fully saturated rings. The van der Waals surface area contributed by atoms with E-state index in [4.69, 9.17) is 0 Å². The largest absolute Gasteiger partial charge is 0.389 e. The summed E-state index contributed by atoms with van der Waals surface area (Å²) in [6.45, 7) is 1.87. The van der Waals surface area contributed by atoms with Gasteiger partial charge in [0.15, 0.2) is 0 Å². The number of hydrogen-bond acceptors (Lipinski definition) is 2. The van der Waals surface area contributed by atoms with E-state index >= 15 is 0 Å². The van der Waals surface area contributed by atoms with Crippen LogP contribution in [0.15, 0.2) is 30.3 Å². The lowest BCUT2D eigenvalue weighted by atomic mass is 9.93. The molecular formula is C12H16BrNO. The minimum absolute atomic E-state index is 0.495. The molecule has 3 heteroatoms. The Kier molecular flexibility index (Phi) is 3.32. The van der Waals surface area contributed by atoms with E-state index in [2.05, 4.69) is 45.1 Å². The molecule has 2 nitrogen and oxygen atoms in total. The number of aliphatic hydroxyl groups is 1. The monoisotopic (exact) mass is 269 g/mol. The highest BCUT2D eigenvalue weighted by Gasteiger charge is 2.30. The second-order valence-electron chi connectivity index (χ2n) is 4.18. The number of rotatable bonds is 2. The molecule has 1 aliphatic heterocycles. The summed E-state index contributed by atoms with van der Waals surface area (Å²) in [5.41, 5.74) is 0.764. The minimum Gasteiger partial charge on any atom is -0.389 e. The zero-order valence-corrected chi connectivity index (χ0v) is 10.3. The van der Waals surface area contributed by atoms with Gasteiger partial charge in [0.25, 0.3) is 0 Å². The van der Waals surface area contributed by atoms with E-state index in [0.29, 0.717) is 5.33 Å². The zero-order chi connectivity index (χ0) is 10.7. The van der Waals surface area contributed by atoms with Crippen LogP contribution in [0.1, 0.15) is 12.8 Å². The fourth-order valence-electron chi connectivity index (χ4n) is 1.95. The maximum Gasteiger partial charge on any atom is 0.0777 e. The van der Waals surface area contributed by atoms with E-state index in [-0.39, 0.29) is 0 Å². The minimum atomic E-state index is -0.495. The molecule has 0 saturated carbocycles. The van der Waals surface area contributed by atoms with Crippen LogP contribution in [0.3, 0.4) is 0 Å². The molecule has 0 aromatic heterocycles. The summed E-state index contributed by atoms with van der Waals surface area (Å²) in [7, 11) is 0. The van der Waals surface area contributed by atoms with E-state index in [1.54, 1.807) is 0 Å². The number of nitrogens with zero attached hydrogens (tertiary/aromatic N) is 1. The molecule has 0 radical (unpaired) electrons. The molecule has 2 rings (SSSR count). The van der Waals surface area contributed by atoms with Crippen LogP contribution < -0.4 is 4.90 Å². The maximum absolute atomic E-state index is 10.1. The highest BCUT2D eigenvalue weighted by Crippen LogP contribution is 2.27. The Bertz CT molecular complexity index is 307. The van der Waals surface area contributed by atoms with Gasteiger partial charge in [-0.25, -0.2) is 0 Å². The summed E-state index contributed by atoms with van der Waals surface area (Å²) >= 11 is 3.37. The lowest BCUT2D eigenvalue weighted by Crippen LogP contribution is -2.45. The molecule has 0 unspecified atom stereocenters. The first-order chi connectivity index (χ1) is 7.23. The van der Waals surface area contributed by atoms with Crippen molar-refractivity contribution >= 4 is 21.6 Å². The Morgan fingerprint density at radius 1 is 1.20 bits per heavy atom. The Hall–Kier alpha value is -0.540. The van der Waals surface area contributed by atoms with Gasteiger partial charge in [0, 0.05) is 24.1 Å². The van der Waals surface area contributed by atoms with Crippen LogP contribution in [0.25, 0.3) is 0 Å². The van der Waals surface area contributed by atoms with Crippen molar-refractivity contribution in [1.82, 2.24) is 0 Å². The fourth-order valence-corrected chi connectivity index (χ4v) is 2.51. The summed E-state index contributed by atoms with van der Waals surface area (Å²) in [5.74, 6) is 0. The summed E-state index contributed by atoms with van der Waals surface area (Å²) in [5, 5.41) is 10.8. The van der Waals surface area contributed by atoms with E-state index in [1.807, 2.05) is 6.07 Å². The molecule has 0 amide bonds. The predicted octanol–water partition coefficient (Wildman–Crippen LogP) is 2.41. The van der Waals surface area contributed by atoms with Gasteiger partial charge in [-0.05, 0) is 25.0 Å². The van der Waals surface area contributed by atoms with Gasteiger partial charge in [-0.2, -0.15) is 0 Å². The molecule has 1 saturated heterocycles. The Labute approximate surface area is 99.0 Å². The number of benzene rings is 1. The van der Waals surface area contributed by atoms with Crippen LogP contribution in [0.5, 0.6) is 0 Å². The van der Waals surface area contributed by atoms with Gasteiger partial charge in [-0.1, -0.05) is 34.1 Å². The number of halogens is 1. The van der Waals surface area contributed by atoms with Crippen LogP contribution in [0.2, 0.25) is 0 Å². The molecular weight excluding hydrogens is 254 g/mol. The average molecular weight is 270 g/mol. The van der Waals surface area contributed by atoms with Gasteiger partial charge >= 0.3 is 0 Å². The first-order valence-electron chi connectivity index (χ1n) is 5.32. The summed E-state index contributed by atoms with van der Waals surface area (Å²) < 4.78 is 0. The number of para-hydroxylation sites is 1. The summed E-state index contributed by atoms with van der Waals surface area (Å²) in [6.07, 6.45) is 1.68. The lowest BCUT2D eigenvalue weighted by Gasteiger charge is -2.38. The van der Waals surface area contributed by atoms with E-state index in [9.17, 15) is 5.11 Å². The van der Waals surface area contributed by atoms with Crippen molar-refractivity contribution in [2.24, 2.45) is 0 Å². The molecule has 0 spiro atoms. The smallest absolute Gasteiger partial charge is 0.0777 e. The molecule has 15 heavy (non-hydrogen) atoms. The third kappa shape index (κ3) is 2.52. The van der Waals surface area contributed by atoms with Crippen LogP contribution in [0.4, 0.5) is 5.69 Å². The van der Waals surface area contributed by atoms with Crippen molar-refractivity contribution in [2.75, 3.05) is 23.3 Å². The highest BCUT2D eigenvalue weighted by molar-refractivity contribution is 9.09. The predicted molar refractivity (Wildman–Crippen MR) is 66.6 cm³/mol. The van der Waals surface area contributed by atoms with Gasteiger partial charge < -0.3 is 10.0 Å². The van der Waals surface area contributed by atoms with E-state index < -0.39 is 5.60 Å². The lowest BCUT2D eigenvalue weighted by molar-refractivity contribution is 0.0412. The molecule has 0 atom stereocenters. The highest BCUT2D eigenvalue weighted by atomic mass is 79.9. The quantitative estimate of drug-likeness (QED) is 0.834. The number of hydrogen-bond donors (Lipinski definition) is 1. The fraction of sp³-hybridized carbons (Fsp3) is 0.500. The Morgan fingerprint density at radius 3 is 2.33 bits per heavy atom. The van der Waals surface area contributed by atoms with Gasteiger partial charge in [0.1, 0.15) is 0 Å². The van der Waals surface area contributed by atoms with Crippen molar-refractivity contribution in [2.45, 2.75) is 18.4 Å². The normalized spacial score (nSPS) is 20.3. The second-order valence-corrected chi connectivity index (χ2v) is 4.74. The van der Waals surface area contributed by atoms with Crippen molar-refractivity contribution in [3.05, 3.63) is 30.3 Å². The number of piperidine rings is 1. The maximum atomic E-state index is 10.1. The van der Waals surface area contributed by atoms with Gasteiger partial charge in [-0.3, -0.25) is 0 Å². The third-order valence-electron chi connectivity index (χ3n) is 3.06. The van der Waals surface area contributed by atoms with Crippen molar-refractivity contribution in [1.29, 1.82) is 0 Å². The SMILES string of the molecule is OC1(CBr)CCN(c2ccccc2)CC1. The van der Waals surface area contributed by atoms with Gasteiger partial charge in [0.05, 0.1) is 5.60 Å². The van der Waals surface area contributed by atoms with Crippen molar-refractivity contribution in [3.63, 3.8) is 0 Å². The van der Waals surface area contributed by atoms with Crippen molar-refractivity contribution < 1.29 is 5.11 Å². The standard InChI is InChI=1S/C12H16BrNO/c13-10-12(15)6-8-14(9-7-12)11-4-2-1-3-5-11/h1-5,15H,6-10H2. The first-order valence-corrected chi connectivity index (χ1v) is 6.44. The summed E-state index contributed by atoms with van der Waals surface area (Å²) in [4.78, 5) is 2.33. The van der Waals surface area contributed by atoms with Crippen LogP contribution in [-0.2, 0) is 0 Å². The molecule has 1 aromatic carbocycles. The molecule has 1 heterocycles. The van der Waals surface area contributed by atoms with Crippen LogP contribution in [-0.4, -0.2) is 29.1 Å². The topological polar surface area (TPSA) is 23.5 Å². The van der Waals surface area contributed by atoms with Gasteiger partial charge in [-0.15, -0.1) is 0 Å². The average Bonchev–Trinajstić information content (AvgIpc) is 2.31. The second kappa shape index (κ2) is 4.54. The van der Waals surface area contributed by atoms with Crippen LogP contribution in [0, 0.1) is 0 Å². The third-order valence-corrected chi connectivity index (χ3v) is 4.11. The van der Waals surface area contributed by atoms with Crippen LogP contribution >= 0.6 is 15.9 Å². The Morgan fingerprint density at radius 2 is 1.80 bits per heavy atom. The molecule has 1 aliphatic rings. The number of alkyl halides is 1. The first kappa shape index (κ1) is 11.0. The molecule has 1 N–H and O–H groups in total. The van der Waals surface area contributed by atoms with E-state index in [1.165, 1.54) is 5.69 Å². The molecule has 1 aromatic rings. The zero-order valence-electron chi connectivity index (χ0n) is 8.69. The van der Waals surface area contributed by atoms with E-state index in [0.717, 1.165) is 25.9 Å². The number of anilines is 1. The van der Waals surface area contributed by atoms with Crippen molar-refractivity contribution in [3.8, 4) is 0 Å². The Balaban J connectivity index is 2.00.